The second-order valence-electron chi connectivity index (χ2n) is 4.23. The summed E-state index contributed by atoms with van der Waals surface area (Å²) in [7, 11) is 1.24. The Morgan fingerprint density at radius 3 is 2.77 bits per heavy atom. The van der Waals surface area contributed by atoms with Crippen LogP contribution in [0.1, 0.15) is 23.5 Å². The van der Waals surface area contributed by atoms with Crippen LogP contribution in [0.2, 0.25) is 0 Å². The van der Waals surface area contributed by atoms with Crippen molar-refractivity contribution in [3.8, 4) is 5.75 Å². The molecule has 7 nitrogen and oxygen atoms in total. The highest BCUT2D eigenvalue weighted by Gasteiger charge is 2.14. The molecule has 22 heavy (non-hydrogen) atoms. The first-order valence-corrected chi connectivity index (χ1v) is 7.36. The van der Waals surface area contributed by atoms with Crippen molar-refractivity contribution in [2.45, 2.75) is 12.8 Å². The molecule has 0 radical (unpaired) electrons. The van der Waals surface area contributed by atoms with Crippen molar-refractivity contribution in [2.75, 3.05) is 19.0 Å². The number of anilines is 1. The molecule has 0 aliphatic heterocycles. The molecule has 0 unspecified atom stereocenters. The molecule has 1 N–H and O–H groups in total. The highest BCUT2D eigenvalue weighted by atomic mass is 32.1. The molecular formula is C14H15N3O4S. The van der Waals surface area contributed by atoms with E-state index in [1.54, 1.807) is 0 Å². The average molecular weight is 321 g/mol. The van der Waals surface area contributed by atoms with Crippen LogP contribution in [0.15, 0.2) is 30.3 Å². The van der Waals surface area contributed by atoms with E-state index in [0.717, 1.165) is 17.3 Å². The van der Waals surface area contributed by atoms with Gasteiger partial charge in [-0.05, 0) is 18.6 Å². The number of carbonyl (C=O) groups is 2. The van der Waals surface area contributed by atoms with Crippen LogP contribution in [0.25, 0.3) is 0 Å². The number of nitrogens with zero attached hydrogens (tertiary/aromatic N) is 2. The number of hydrogen-bond donors (Lipinski definition) is 1. The van der Waals surface area contributed by atoms with Gasteiger partial charge in [-0.3, -0.25) is 4.79 Å². The Kier molecular flexibility index (Phi) is 5.84. The summed E-state index contributed by atoms with van der Waals surface area (Å²) in [5, 5.41) is 2.86. The summed E-state index contributed by atoms with van der Waals surface area (Å²) in [6.45, 7) is 0.445. The molecule has 0 spiro atoms. The normalized spacial score (nSPS) is 10.0. The van der Waals surface area contributed by atoms with Crippen LogP contribution in [-0.4, -0.2) is 35.0 Å². The van der Waals surface area contributed by atoms with Gasteiger partial charge >= 0.3 is 5.97 Å². The average Bonchev–Trinajstić information content (AvgIpc) is 3.00. The topological polar surface area (TPSA) is 90.4 Å². The van der Waals surface area contributed by atoms with Gasteiger partial charge < -0.3 is 14.8 Å². The zero-order valence-corrected chi connectivity index (χ0v) is 12.8. The van der Waals surface area contributed by atoms with Gasteiger partial charge in [-0.25, -0.2) is 4.79 Å². The Balaban J connectivity index is 1.69. The molecule has 0 fully saturated rings. The second-order valence-corrected chi connectivity index (χ2v) is 4.98. The highest BCUT2D eigenvalue weighted by molar-refractivity contribution is 7.10. The van der Waals surface area contributed by atoms with E-state index >= 15 is 0 Å². The Bertz CT molecular complexity index is 630. The highest BCUT2D eigenvalue weighted by Crippen LogP contribution is 2.13. The van der Waals surface area contributed by atoms with Crippen molar-refractivity contribution in [3.63, 3.8) is 0 Å². The van der Waals surface area contributed by atoms with Gasteiger partial charge in [0.25, 0.3) is 5.82 Å². The lowest BCUT2D eigenvalue weighted by atomic mass is 10.3. The maximum Gasteiger partial charge on any atom is 0.377 e. The molecule has 0 aliphatic rings. The summed E-state index contributed by atoms with van der Waals surface area (Å²) in [5.41, 5.74) is 0. The Labute approximate surface area is 131 Å². The van der Waals surface area contributed by atoms with Crippen LogP contribution in [-0.2, 0) is 9.53 Å². The van der Waals surface area contributed by atoms with Crippen molar-refractivity contribution in [2.24, 2.45) is 0 Å². The van der Waals surface area contributed by atoms with E-state index in [1.807, 2.05) is 30.3 Å². The molecule has 1 amide bonds. The fourth-order valence-corrected chi connectivity index (χ4v) is 2.14. The lowest BCUT2D eigenvalue weighted by Gasteiger charge is -2.05. The summed E-state index contributed by atoms with van der Waals surface area (Å²) in [6.07, 6.45) is 0.864. The molecule has 0 saturated heterocycles. The number of rotatable bonds is 7. The van der Waals surface area contributed by atoms with Crippen LogP contribution >= 0.6 is 11.5 Å². The maximum atomic E-state index is 11.7. The number of ether oxygens (including phenoxy) is 2. The van der Waals surface area contributed by atoms with E-state index in [2.05, 4.69) is 19.4 Å². The molecule has 1 heterocycles. The van der Waals surface area contributed by atoms with Crippen LogP contribution in [0.3, 0.4) is 0 Å². The SMILES string of the molecule is COC(=O)c1nsc(NC(=O)CCCOc2ccccc2)n1. The number of carbonyl (C=O) groups excluding carboxylic acids is 2. The standard InChI is InChI=1S/C14H15N3O4S/c1-20-13(19)12-16-14(22-17-12)15-11(18)8-5-9-21-10-6-3-2-4-7-10/h2-4,6-7H,5,8-9H2,1H3,(H,15,16,17,18). The summed E-state index contributed by atoms with van der Waals surface area (Å²) >= 11 is 0.933. The molecule has 1 aromatic heterocycles. The van der Waals surface area contributed by atoms with Gasteiger partial charge in [0.05, 0.1) is 13.7 Å². The molecule has 2 aromatic rings. The zero-order chi connectivity index (χ0) is 15.8. The first-order valence-electron chi connectivity index (χ1n) is 6.59. The summed E-state index contributed by atoms with van der Waals surface area (Å²) in [4.78, 5) is 26.8. The third-order valence-corrected chi connectivity index (χ3v) is 3.23. The fraction of sp³-hybridized carbons (Fsp3) is 0.286. The minimum absolute atomic E-state index is 0.0600. The van der Waals surface area contributed by atoms with E-state index in [0.29, 0.717) is 19.4 Å². The molecule has 0 saturated carbocycles. The second kappa shape index (κ2) is 8.08. The Hall–Kier alpha value is -2.48. The number of nitrogens with one attached hydrogen (secondary N) is 1. The predicted molar refractivity (Wildman–Crippen MR) is 81.0 cm³/mol. The van der Waals surface area contributed by atoms with E-state index < -0.39 is 5.97 Å². The molecule has 116 valence electrons. The molecule has 0 aliphatic carbocycles. The quantitative estimate of drug-likeness (QED) is 0.620. The fourth-order valence-electron chi connectivity index (χ4n) is 1.57. The van der Waals surface area contributed by atoms with Gasteiger partial charge in [0.15, 0.2) is 0 Å². The molecule has 0 bridgehead atoms. The Morgan fingerprint density at radius 1 is 1.27 bits per heavy atom. The lowest BCUT2D eigenvalue weighted by Crippen LogP contribution is -2.13. The molecule has 2 rings (SSSR count). The number of methoxy groups -OCH3 is 1. The Morgan fingerprint density at radius 2 is 2.05 bits per heavy atom. The van der Waals surface area contributed by atoms with E-state index in [1.165, 1.54) is 7.11 Å². The van der Waals surface area contributed by atoms with Crippen LogP contribution < -0.4 is 10.1 Å². The molecule has 8 heteroatoms. The maximum absolute atomic E-state index is 11.7. The molecular weight excluding hydrogens is 306 g/mol. The number of hydrogen-bond acceptors (Lipinski definition) is 7. The van der Waals surface area contributed by atoms with Crippen molar-refractivity contribution in [1.82, 2.24) is 9.36 Å². The number of para-hydroxylation sites is 1. The van der Waals surface area contributed by atoms with Gasteiger partial charge in [0.2, 0.25) is 11.0 Å². The predicted octanol–water partition coefficient (Wildman–Crippen LogP) is 2.12. The van der Waals surface area contributed by atoms with Crippen molar-refractivity contribution < 1.29 is 19.1 Å². The van der Waals surface area contributed by atoms with Gasteiger partial charge in [-0.15, -0.1) is 0 Å². The van der Waals surface area contributed by atoms with Crippen LogP contribution in [0.5, 0.6) is 5.75 Å². The first-order chi connectivity index (χ1) is 10.7. The third kappa shape index (κ3) is 4.81. The van der Waals surface area contributed by atoms with Crippen molar-refractivity contribution in [1.29, 1.82) is 0 Å². The van der Waals surface area contributed by atoms with Gasteiger partial charge in [-0.2, -0.15) is 9.36 Å². The summed E-state index contributed by atoms with van der Waals surface area (Å²) in [5.74, 6) is -0.123. The first kappa shape index (κ1) is 15.9. The summed E-state index contributed by atoms with van der Waals surface area (Å²) in [6, 6.07) is 9.39. The minimum atomic E-state index is -0.631. The number of esters is 1. The largest absolute Gasteiger partial charge is 0.494 e. The molecule has 0 atom stereocenters. The van der Waals surface area contributed by atoms with Crippen molar-refractivity contribution in [3.05, 3.63) is 36.2 Å². The zero-order valence-electron chi connectivity index (χ0n) is 11.9. The van der Waals surface area contributed by atoms with E-state index in [9.17, 15) is 9.59 Å². The van der Waals surface area contributed by atoms with Gasteiger partial charge in [0.1, 0.15) is 5.75 Å². The van der Waals surface area contributed by atoms with Crippen LogP contribution in [0, 0.1) is 0 Å². The third-order valence-electron chi connectivity index (χ3n) is 2.60. The van der Waals surface area contributed by atoms with Crippen LogP contribution in [0.4, 0.5) is 5.13 Å². The summed E-state index contributed by atoms with van der Waals surface area (Å²) < 4.78 is 13.8. The number of aromatic nitrogens is 2. The number of amides is 1. The van der Waals surface area contributed by atoms with E-state index in [-0.39, 0.29) is 16.9 Å². The molecule has 1 aromatic carbocycles. The monoisotopic (exact) mass is 321 g/mol. The van der Waals surface area contributed by atoms with E-state index in [4.69, 9.17) is 4.74 Å². The van der Waals surface area contributed by atoms with Gasteiger partial charge in [-0.1, -0.05) is 18.2 Å². The minimum Gasteiger partial charge on any atom is -0.494 e. The van der Waals surface area contributed by atoms with Crippen molar-refractivity contribution >= 4 is 28.5 Å². The smallest absolute Gasteiger partial charge is 0.377 e. The number of benzene rings is 1. The van der Waals surface area contributed by atoms with Gasteiger partial charge in [0, 0.05) is 18.0 Å². The lowest BCUT2D eigenvalue weighted by molar-refractivity contribution is -0.116.